The maximum Gasteiger partial charge on any atom is 0.233 e. The predicted molar refractivity (Wildman–Crippen MR) is 91.3 cm³/mol. The second-order valence-electron chi connectivity index (χ2n) is 5.35. The van der Waals surface area contributed by atoms with Crippen molar-refractivity contribution in [2.75, 3.05) is 0 Å². The second-order valence-corrected chi connectivity index (χ2v) is 6.71. The zero-order valence-electron chi connectivity index (χ0n) is 13.1. The number of hydrogen-bond acceptors (Lipinski definition) is 4. The molecule has 1 N–H and O–H groups in total. The first kappa shape index (κ1) is 15.6. The summed E-state index contributed by atoms with van der Waals surface area (Å²) in [7, 11) is 0. The Morgan fingerprint density at radius 1 is 1.39 bits per heavy atom. The summed E-state index contributed by atoms with van der Waals surface area (Å²) in [5.74, 6) is -0.0195. The van der Waals surface area contributed by atoms with Gasteiger partial charge in [-0.05, 0) is 43.7 Å². The van der Waals surface area contributed by atoms with Crippen molar-refractivity contribution in [2.45, 2.75) is 30.7 Å². The van der Waals surface area contributed by atoms with Crippen LogP contribution in [-0.4, -0.2) is 25.5 Å². The van der Waals surface area contributed by atoms with Crippen molar-refractivity contribution in [3.8, 4) is 0 Å². The van der Waals surface area contributed by atoms with Gasteiger partial charge in [-0.25, -0.2) is 9.97 Å². The smallest absolute Gasteiger partial charge is 0.233 e. The number of aryl methyl sites for hydroxylation is 1. The van der Waals surface area contributed by atoms with Crippen LogP contribution in [0.4, 0.5) is 0 Å². The lowest BCUT2D eigenvalue weighted by Gasteiger charge is -2.10. The van der Waals surface area contributed by atoms with Crippen molar-refractivity contribution >= 4 is 23.3 Å². The van der Waals surface area contributed by atoms with Crippen LogP contribution in [0.1, 0.15) is 18.2 Å². The Morgan fingerprint density at radius 3 is 3.04 bits per heavy atom. The van der Waals surface area contributed by atoms with E-state index in [9.17, 15) is 4.79 Å². The van der Waals surface area contributed by atoms with Gasteiger partial charge in [0.15, 0.2) is 0 Å². The van der Waals surface area contributed by atoms with Crippen molar-refractivity contribution in [2.24, 2.45) is 0 Å². The largest absolute Gasteiger partial charge is 0.349 e. The lowest BCUT2D eigenvalue weighted by atomic mass is 10.3. The monoisotopic (exact) mass is 326 g/mol. The molecule has 3 heterocycles. The van der Waals surface area contributed by atoms with Gasteiger partial charge in [-0.2, -0.15) is 0 Å². The normalized spacial score (nSPS) is 12.3. The molecule has 1 unspecified atom stereocenters. The number of imidazole rings is 1. The van der Waals surface area contributed by atoms with Gasteiger partial charge in [-0.15, -0.1) is 0 Å². The Balaban J connectivity index is 1.59. The van der Waals surface area contributed by atoms with E-state index in [0.717, 1.165) is 16.4 Å². The minimum atomic E-state index is -0.204. The molecule has 1 atom stereocenters. The fourth-order valence-electron chi connectivity index (χ4n) is 2.19. The van der Waals surface area contributed by atoms with Crippen LogP contribution in [0.15, 0.2) is 53.9 Å². The molecule has 5 nitrogen and oxygen atoms in total. The minimum absolute atomic E-state index is 0.0195. The molecular weight excluding hydrogens is 308 g/mol. The van der Waals surface area contributed by atoms with Gasteiger partial charge in [0.2, 0.25) is 5.91 Å². The van der Waals surface area contributed by atoms with Crippen molar-refractivity contribution in [3.05, 3.63) is 60.2 Å². The fraction of sp³-hybridized carbons (Fsp3) is 0.235. The third-order valence-electron chi connectivity index (χ3n) is 3.41. The van der Waals surface area contributed by atoms with E-state index >= 15 is 0 Å². The molecule has 6 heteroatoms. The van der Waals surface area contributed by atoms with Crippen LogP contribution in [0.25, 0.3) is 5.65 Å². The van der Waals surface area contributed by atoms with Crippen LogP contribution in [0.5, 0.6) is 0 Å². The fourth-order valence-corrected chi connectivity index (χ4v) is 3.03. The summed E-state index contributed by atoms with van der Waals surface area (Å²) in [5, 5.41) is 3.57. The van der Waals surface area contributed by atoms with Gasteiger partial charge in [0.25, 0.3) is 0 Å². The first-order valence-corrected chi connectivity index (χ1v) is 8.29. The highest BCUT2D eigenvalue weighted by molar-refractivity contribution is 8.00. The molecule has 0 aliphatic carbocycles. The molecule has 0 fully saturated rings. The van der Waals surface area contributed by atoms with E-state index in [0.29, 0.717) is 6.54 Å². The number of carbonyl (C=O) groups is 1. The van der Waals surface area contributed by atoms with Crippen LogP contribution in [0, 0.1) is 6.92 Å². The number of aromatic nitrogens is 3. The zero-order chi connectivity index (χ0) is 16.2. The Kier molecular flexibility index (Phi) is 4.62. The number of thioether (sulfide) groups is 1. The quantitative estimate of drug-likeness (QED) is 0.733. The Hall–Kier alpha value is -2.34. The van der Waals surface area contributed by atoms with E-state index < -0.39 is 0 Å². The first-order chi connectivity index (χ1) is 11.1. The highest BCUT2D eigenvalue weighted by Gasteiger charge is 2.15. The van der Waals surface area contributed by atoms with Gasteiger partial charge in [0, 0.05) is 18.6 Å². The number of nitrogens with zero attached hydrogens (tertiary/aromatic N) is 3. The van der Waals surface area contributed by atoms with E-state index in [2.05, 4.69) is 15.3 Å². The van der Waals surface area contributed by atoms with Crippen LogP contribution in [0.3, 0.4) is 0 Å². The number of pyridine rings is 2. The van der Waals surface area contributed by atoms with Gasteiger partial charge < -0.3 is 9.72 Å². The molecule has 118 valence electrons. The van der Waals surface area contributed by atoms with Crippen LogP contribution >= 0.6 is 11.8 Å². The molecule has 23 heavy (non-hydrogen) atoms. The highest BCUT2D eigenvalue weighted by Crippen LogP contribution is 2.20. The number of nitrogens with one attached hydrogen (secondary N) is 1. The molecule has 3 aromatic rings. The summed E-state index contributed by atoms with van der Waals surface area (Å²) < 4.78 is 1.96. The summed E-state index contributed by atoms with van der Waals surface area (Å²) >= 11 is 1.45. The summed E-state index contributed by atoms with van der Waals surface area (Å²) in [6.07, 6.45) is 5.64. The maximum absolute atomic E-state index is 12.2. The standard InChI is InChI=1S/C17H18N4OS/c1-12-6-8-21-11-14(20-15(21)9-12)10-19-17(22)13(2)23-16-5-3-4-7-18-16/h3-9,11,13H,10H2,1-2H3,(H,19,22). The van der Waals surface area contributed by atoms with Crippen molar-refractivity contribution < 1.29 is 4.79 Å². The van der Waals surface area contributed by atoms with Crippen LogP contribution < -0.4 is 5.32 Å². The van der Waals surface area contributed by atoms with E-state index in [4.69, 9.17) is 0 Å². The summed E-state index contributed by atoms with van der Waals surface area (Å²) in [6.45, 7) is 4.33. The Labute approximate surface area is 139 Å². The molecule has 0 bridgehead atoms. The summed E-state index contributed by atoms with van der Waals surface area (Å²) in [5.41, 5.74) is 2.91. The molecular formula is C17H18N4OS. The minimum Gasteiger partial charge on any atom is -0.349 e. The van der Waals surface area contributed by atoms with Gasteiger partial charge in [0.1, 0.15) is 5.65 Å². The molecule has 0 radical (unpaired) electrons. The first-order valence-electron chi connectivity index (χ1n) is 7.41. The second kappa shape index (κ2) is 6.83. The van der Waals surface area contributed by atoms with Gasteiger partial charge in [0.05, 0.1) is 22.5 Å². The molecule has 0 aromatic carbocycles. The maximum atomic E-state index is 12.2. The highest BCUT2D eigenvalue weighted by atomic mass is 32.2. The third kappa shape index (κ3) is 3.90. The lowest BCUT2D eigenvalue weighted by molar-refractivity contribution is -0.120. The van der Waals surface area contributed by atoms with Crippen molar-refractivity contribution in [1.29, 1.82) is 0 Å². The lowest BCUT2D eigenvalue weighted by Crippen LogP contribution is -2.30. The molecule has 0 spiro atoms. The van der Waals surface area contributed by atoms with E-state index in [-0.39, 0.29) is 11.2 Å². The summed E-state index contributed by atoms with van der Waals surface area (Å²) in [6, 6.07) is 9.73. The van der Waals surface area contributed by atoms with E-state index in [1.54, 1.807) is 6.20 Å². The molecule has 0 saturated carbocycles. The summed E-state index contributed by atoms with van der Waals surface area (Å²) in [4.78, 5) is 20.9. The topological polar surface area (TPSA) is 59.3 Å². The number of amides is 1. The number of hydrogen-bond donors (Lipinski definition) is 1. The molecule has 0 saturated heterocycles. The SMILES string of the molecule is Cc1ccn2cc(CNC(=O)C(C)Sc3ccccn3)nc2c1. The van der Waals surface area contributed by atoms with Gasteiger partial charge >= 0.3 is 0 Å². The molecule has 0 aliphatic heterocycles. The van der Waals surface area contributed by atoms with E-state index in [1.807, 2.05) is 61.0 Å². The zero-order valence-corrected chi connectivity index (χ0v) is 13.9. The van der Waals surface area contributed by atoms with E-state index in [1.165, 1.54) is 17.3 Å². The van der Waals surface area contributed by atoms with Crippen LogP contribution in [-0.2, 0) is 11.3 Å². The van der Waals surface area contributed by atoms with Gasteiger partial charge in [-0.1, -0.05) is 17.8 Å². The molecule has 1 amide bonds. The molecule has 0 aliphatic rings. The number of rotatable bonds is 5. The Bertz CT molecular complexity index is 816. The van der Waals surface area contributed by atoms with Crippen molar-refractivity contribution in [1.82, 2.24) is 19.7 Å². The Morgan fingerprint density at radius 2 is 2.26 bits per heavy atom. The average molecular weight is 326 g/mol. The molecule has 3 aromatic heterocycles. The van der Waals surface area contributed by atoms with Crippen LogP contribution in [0.2, 0.25) is 0 Å². The number of fused-ring (bicyclic) bond motifs is 1. The molecule has 3 rings (SSSR count). The van der Waals surface area contributed by atoms with Crippen molar-refractivity contribution in [3.63, 3.8) is 0 Å². The van der Waals surface area contributed by atoms with Gasteiger partial charge in [-0.3, -0.25) is 4.79 Å². The number of carbonyl (C=O) groups excluding carboxylic acids is 1. The average Bonchev–Trinajstić information content (AvgIpc) is 2.95. The predicted octanol–water partition coefficient (Wildman–Crippen LogP) is 2.83. The third-order valence-corrected chi connectivity index (χ3v) is 4.46.